The molecular weight excluding hydrogens is 286 g/mol. The van der Waals surface area contributed by atoms with Crippen molar-refractivity contribution in [3.8, 4) is 0 Å². The second-order valence-electron chi connectivity index (χ2n) is 4.73. The van der Waals surface area contributed by atoms with Gasteiger partial charge >= 0.3 is 0 Å². The topological polar surface area (TPSA) is 37.8 Å². The van der Waals surface area contributed by atoms with Crippen molar-refractivity contribution in [3.63, 3.8) is 0 Å². The third-order valence-corrected chi connectivity index (χ3v) is 5.22. The number of benzene rings is 1. The fourth-order valence-electron chi connectivity index (χ4n) is 2.04. The van der Waals surface area contributed by atoms with Crippen molar-refractivity contribution >= 4 is 23.1 Å². The second kappa shape index (κ2) is 7.76. The van der Waals surface area contributed by atoms with Crippen molar-refractivity contribution in [1.82, 2.24) is 15.5 Å². The van der Waals surface area contributed by atoms with Crippen LogP contribution in [0.4, 0.5) is 0 Å². The van der Waals surface area contributed by atoms with Gasteiger partial charge in [-0.05, 0) is 31.5 Å². The Hall–Kier alpha value is -0.910. The highest BCUT2D eigenvalue weighted by atomic mass is 32.2. The molecule has 0 fully saturated rings. The Morgan fingerprint density at radius 2 is 2.00 bits per heavy atom. The van der Waals surface area contributed by atoms with Crippen molar-refractivity contribution in [2.45, 2.75) is 37.1 Å². The number of aromatic nitrogens is 2. The van der Waals surface area contributed by atoms with Crippen molar-refractivity contribution in [3.05, 3.63) is 40.4 Å². The lowest BCUT2D eigenvalue weighted by Crippen LogP contribution is -2.18. The van der Waals surface area contributed by atoms with Gasteiger partial charge in [0, 0.05) is 11.8 Å². The molecule has 0 radical (unpaired) electrons. The molecule has 0 bridgehead atoms. The number of aryl methyl sites for hydroxylation is 2. The first kappa shape index (κ1) is 15.5. The molecule has 108 valence electrons. The van der Waals surface area contributed by atoms with Crippen LogP contribution in [0.5, 0.6) is 0 Å². The quantitative estimate of drug-likeness (QED) is 0.788. The molecule has 0 aliphatic carbocycles. The number of nitrogens with one attached hydrogen (secondary N) is 1. The summed E-state index contributed by atoms with van der Waals surface area (Å²) in [5.74, 6) is 0.970. The van der Waals surface area contributed by atoms with Gasteiger partial charge in [-0.1, -0.05) is 60.7 Å². The Bertz CT molecular complexity index is 522. The van der Waals surface area contributed by atoms with Crippen LogP contribution in [0.1, 0.15) is 35.5 Å². The molecule has 0 aliphatic rings. The maximum atomic E-state index is 4.16. The molecule has 1 aromatic carbocycles. The SMILES string of the molecule is CCCc1ccc(C(CSc2nnc(C)s2)NC)cc1. The van der Waals surface area contributed by atoms with Gasteiger partial charge in [0.1, 0.15) is 5.01 Å². The average molecular weight is 307 g/mol. The molecule has 1 aromatic heterocycles. The zero-order valence-electron chi connectivity index (χ0n) is 12.2. The molecule has 0 spiro atoms. The zero-order chi connectivity index (χ0) is 14.4. The van der Waals surface area contributed by atoms with Crippen LogP contribution in [-0.2, 0) is 6.42 Å². The highest BCUT2D eigenvalue weighted by Gasteiger charge is 2.11. The van der Waals surface area contributed by atoms with Crippen LogP contribution < -0.4 is 5.32 Å². The van der Waals surface area contributed by atoms with E-state index in [0.29, 0.717) is 6.04 Å². The summed E-state index contributed by atoms with van der Waals surface area (Å²) in [5.41, 5.74) is 2.75. The Kier molecular flexibility index (Phi) is 6.01. The Balaban J connectivity index is 1.96. The molecule has 1 atom stereocenters. The highest BCUT2D eigenvalue weighted by Crippen LogP contribution is 2.27. The van der Waals surface area contributed by atoms with Gasteiger partial charge < -0.3 is 5.32 Å². The maximum absolute atomic E-state index is 4.16. The smallest absolute Gasteiger partial charge is 0.174 e. The Morgan fingerprint density at radius 3 is 2.55 bits per heavy atom. The van der Waals surface area contributed by atoms with Gasteiger partial charge in [-0.15, -0.1) is 10.2 Å². The van der Waals surface area contributed by atoms with Crippen LogP contribution in [0.25, 0.3) is 0 Å². The van der Waals surface area contributed by atoms with Gasteiger partial charge in [0.25, 0.3) is 0 Å². The summed E-state index contributed by atoms with van der Waals surface area (Å²) in [6.45, 7) is 4.20. The third-order valence-electron chi connectivity index (χ3n) is 3.15. The zero-order valence-corrected chi connectivity index (χ0v) is 13.9. The van der Waals surface area contributed by atoms with Gasteiger partial charge in [0.05, 0.1) is 0 Å². The lowest BCUT2D eigenvalue weighted by Gasteiger charge is -2.16. The minimum Gasteiger partial charge on any atom is -0.312 e. The first-order chi connectivity index (χ1) is 9.72. The summed E-state index contributed by atoms with van der Waals surface area (Å²) in [6, 6.07) is 9.29. The van der Waals surface area contributed by atoms with Gasteiger partial charge in [0.15, 0.2) is 4.34 Å². The van der Waals surface area contributed by atoms with Crippen LogP contribution in [-0.4, -0.2) is 23.0 Å². The molecule has 1 unspecified atom stereocenters. The van der Waals surface area contributed by atoms with E-state index in [1.54, 1.807) is 23.1 Å². The molecule has 1 N–H and O–H groups in total. The van der Waals surface area contributed by atoms with Gasteiger partial charge in [-0.2, -0.15) is 0 Å². The van der Waals surface area contributed by atoms with Crippen LogP contribution in [0.15, 0.2) is 28.6 Å². The summed E-state index contributed by atoms with van der Waals surface area (Å²) in [6.07, 6.45) is 2.35. The van der Waals surface area contributed by atoms with Crippen molar-refractivity contribution in [2.24, 2.45) is 0 Å². The molecule has 20 heavy (non-hydrogen) atoms. The van der Waals surface area contributed by atoms with Crippen molar-refractivity contribution < 1.29 is 0 Å². The second-order valence-corrected chi connectivity index (χ2v) is 7.18. The summed E-state index contributed by atoms with van der Waals surface area (Å²) in [5, 5.41) is 12.6. The standard InChI is InChI=1S/C15H21N3S2/c1-4-5-12-6-8-13(9-7-12)14(16-3)10-19-15-18-17-11(2)20-15/h6-9,14,16H,4-5,10H2,1-3H3. The van der Waals surface area contributed by atoms with E-state index in [1.165, 1.54) is 17.5 Å². The van der Waals surface area contributed by atoms with E-state index in [9.17, 15) is 0 Å². The first-order valence-corrected chi connectivity index (χ1v) is 8.72. The highest BCUT2D eigenvalue weighted by molar-refractivity contribution is 8.01. The van der Waals surface area contributed by atoms with Gasteiger partial charge in [0.2, 0.25) is 0 Å². The molecule has 2 rings (SSSR count). The van der Waals surface area contributed by atoms with Gasteiger partial charge in [-0.3, -0.25) is 0 Å². The molecule has 1 heterocycles. The summed E-state index contributed by atoms with van der Waals surface area (Å²) in [7, 11) is 2.01. The van der Waals surface area contributed by atoms with E-state index in [1.807, 2.05) is 14.0 Å². The largest absolute Gasteiger partial charge is 0.312 e. The number of hydrogen-bond donors (Lipinski definition) is 1. The number of hydrogen-bond acceptors (Lipinski definition) is 5. The predicted molar refractivity (Wildman–Crippen MR) is 87.6 cm³/mol. The summed E-state index contributed by atoms with van der Waals surface area (Å²) >= 11 is 3.42. The van der Waals surface area contributed by atoms with Crippen molar-refractivity contribution in [2.75, 3.05) is 12.8 Å². The van der Waals surface area contributed by atoms with Crippen LogP contribution in [0, 0.1) is 6.92 Å². The lowest BCUT2D eigenvalue weighted by atomic mass is 10.0. The average Bonchev–Trinajstić information content (AvgIpc) is 2.87. The monoisotopic (exact) mass is 307 g/mol. The predicted octanol–water partition coefficient (Wildman–Crippen LogP) is 3.85. The van der Waals surface area contributed by atoms with Crippen LogP contribution in [0.3, 0.4) is 0 Å². The Labute approximate surface area is 129 Å². The molecule has 3 nitrogen and oxygen atoms in total. The fraction of sp³-hybridized carbons (Fsp3) is 0.467. The number of rotatable bonds is 7. The first-order valence-electron chi connectivity index (χ1n) is 6.92. The summed E-state index contributed by atoms with van der Waals surface area (Å²) < 4.78 is 1.05. The molecule has 0 amide bonds. The molecule has 0 aliphatic heterocycles. The van der Waals surface area contributed by atoms with E-state index in [0.717, 1.165) is 21.5 Å². The minimum absolute atomic E-state index is 0.347. The van der Waals surface area contributed by atoms with E-state index < -0.39 is 0 Å². The van der Waals surface area contributed by atoms with Gasteiger partial charge in [-0.25, -0.2) is 0 Å². The molecule has 0 saturated heterocycles. The summed E-state index contributed by atoms with van der Waals surface area (Å²) in [4.78, 5) is 0. The molecule has 2 aromatic rings. The maximum Gasteiger partial charge on any atom is 0.174 e. The molecular formula is C15H21N3S2. The normalized spacial score (nSPS) is 12.6. The third kappa shape index (κ3) is 4.30. The number of thioether (sulfide) groups is 1. The molecule has 5 heteroatoms. The van der Waals surface area contributed by atoms with E-state index in [4.69, 9.17) is 0 Å². The van der Waals surface area contributed by atoms with E-state index in [-0.39, 0.29) is 0 Å². The Morgan fingerprint density at radius 1 is 1.25 bits per heavy atom. The lowest BCUT2D eigenvalue weighted by molar-refractivity contribution is 0.661. The minimum atomic E-state index is 0.347. The fourth-order valence-corrected chi connectivity index (χ4v) is 4.03. The van der Waals surface area contributed by atoms with Crippen LogP contribution >= 0.6 is 23.1 Å². The molecule has 0 saturated carbocycles. The van der Waals surface area contributed by atoms with E-state index in [2.05, 4.69) is 46.7 Å². The van der Waals surface area contributed by atoms with E-state index >= 15 is 0 Å². The van der Waals surface area contributed by atoms with Crippen molar-refractivity contribution in [1.29, 1.82) is 0 Å². The van der Waals surface area contributed by atoms with Crippen LogP contribution in [0.2, 0.25) is 0 Å². The number of nitrogens with zero attached hydrogens (tertiary/aromatic N) is 2.